The number of aryl methyl sites for hydroxylation is 1. The number of fused-ring (bicyclic) bond motifs is 1. The number of anilines is 1. The first-order valence-corrected chi connectivity index (χ1v) is 8.76. The number of rotatable bonds is 3. The molecule has 0 aliphatic carbocycles. The number of benzene rings is 2. The average molecular weight is 391 g/mol. The van der Waals surface area contributed by atoms with Gasteiger partial charge >= 0.3 is 0 Å². The molecule has 1 N–H and O–H groups in total. The Kier molecular flexibility index (Phi) is 4.87. The number of pyridine rings is 1. The number of carbonyl (C=O) groups excluding carboxylic acids is 1. The summed E-state index contributed by atoms with van der Waals surface area (Å²) in [5.74, 6) is -2.14. The summed E-state index contributed by atoms with van der Waals surface area (Å²) in [4.78, 5) is 21.2. The quantitative estimate of drug-likeness (QED) is 0.540. The summed E-state index contributed by atoms with van der Waals surface area (Å²) in [7, 11) is 0. The number of hydrogen-bond donors (Lipinski definition) is 1. The Balaban J connectivity index is 1.83. The van der Waals surface area contributed by atoms with Gasteiger partial charge < -0.3 is 9.73 Å². The largest absolute Gasteiger partial charge is 0.438 e. The summed E-state index contributed by atoms with van der Waals surface area (Å²) in [6.07, 6.45) is 1.63. The van der Waals surface area contributed by atoms with Crippen molar-refractivity contribution in [2.75, 3.05) is 5.32 Å². The first-order chi connectivity index (χ1) is 14.0. The van der Waals surface area contributed by atoms with Crippen molar-refractivity contribution >= 4 is 28.4 Å². The van der Waals surface area contributed by atoms with E-state index in [4.69, 9.17) is 4.42 Å². The zero-order chi connectivity index (χ0) is 20.4. The highest BCUT2D eigenvalue weighted by molar-refractivity contribution is 6.04. The molecule has 5 nitrogen and oxygen atoms in total. The van der Waals surface area contributed by atoms with Gasteiger partial charge in [0.05, 0.1) is 5.69 Å². The number of nitrogens with zero attached hydrogens (tertiary/aromatic N) is 2. The molecule has 0 fully saturated rings. The summed E-state index contributed by atoms with van der Waals surface area (Å²) < 4.78 is 32.6. The molecule has 0 saturated heterocycles. The number of carbonyl (C=O) groups is 1. The molecule has 0 atom stereocenters. The zero-order valence-electron chi connectivity index (χ0n) is 15.3. The molecule has 0 radical (unpaired) electrons. The van der Waals surface area contributed by atoms with Crippen LogP contribution in [0.4, 0.5) is 20.3 Å². The summed E-state index contributed by atoms with van der Waals surface area (Å²) in [5, 5.41) is 3.39. The van der Waals surface area contributed by atoms with Crippen molar-refractivity contribution in [3.05, 3.63) is 95.2 Å². The molecule has 1 amide bonds. The number of halogens is 2. The second-order valence-electron chi connectivity index (χ2n) is 6.39. The van der Waals surface area contributed by atoms with Crippen LogP contribution in [0, 0.1) is 18.6 Å². The van der Waals surface area contributed by atoms with E-state index in [1.807, 2.05) is 19.1 Å². The van der Waals surface area contributed by atoms with E-state index in [2.05, 4.69) is 15.3 Å². The molecular formula is C22H15F2N3O2. The van der Waals surface area contributed by atoms with E-state index in [9.17, 15) is 13.6 Å². The molecule has 2 heterocycles. The Hall–Kier alpha value is -3.87. The molecule has 144 valence electrons. The van der Waals surface area contributed by atoms with Gasteiger partial charge in [-0.05, 0) is 42.8 Å². The van der Waals surface area contributed by atoms with Crippen molar-refractivity contribution in [3.63, 3.8) is 0 Å². The summed E-state index contributed by atoms with van der Waals surface area (Å²) >= 11 is 0. The van der Waals surface area contributed by atoms with Gasteiger partial charge in [0.1, 0.15) is 17.0 Å². The zero-order valence-corrected chi connectivity index (χ0v) is 15.3. The van der Waals surface area contributed by atoms with Gasteiger partial charge in [-0.2, -0.15) is 0 Å². The van der Waals surface area contributed by atoms with Crippen LogP contribution in [0.3, 0.4) is 0 Å². The smallest absolute Gasteiger partial charge is 0.262 e. The van der Waals surface area contributed by atoms with E-state index < -0.39 is 17.5 Å². The number of amides is 1. The van der Waals surface area contributed by atoms with E-state index in [0.717, 1.165) is 17.7 Å². The van der Waals surface area contributed by atoms with Gasteiger partial charge in [0.2, 0.25) is 5.55 Å². The third kappa shape index (κ3) is 4.03. The lowest BCUT2D eigenvalue weighted by Gasteiger charge is -2.07. The van der Waals surface area contributed by atoms with Crippen LogP contribution < -0.4 is 10.9 Å². The van der Waals surface area contributed by atoms with Gasteiger partial charge in [-0.1, -0.05) is 24.3 Å². The van der Waals surface area contributed by atoms with Crippen LogP contribution in [-0.2, 0) is 0 Å². The molecule has 7 heteroatoms. The number of para-hydroxylation sites is 1. The fraction of sp³-hybridized carbons (Fsp3) is 0.0455. The van der Waals surface area contributed by atoms with Gasteiger partial charge in [-0.3, -0.25) is 4.79 Å². The van der Waals surface area contributed by atoms with E-state index in [1.165, 1.54) is 6.07 Å². The molecule has 0 aliphatic rings. The van der Waals surface area contributed by atoms with Crippen molar-refractivity contribution < 1.29 is 18.0 Å². The average Bonchev–Trinajstić information content (AvgIpc) is 2.72. The Morgan fingerprint density at radius 2 is 1.86 bits per heavy atom. The summed E-state index contributed by atoms with van der Waals surface area (Å²) in [6.45, 7) is 1.89. The Bertz CT molecular complexity index is 1280. The van der Waals surface area contributed by atoms with Crippen LogP contribution >= 0.6 is 0 Å². The third-order valence-corrected chi connectivity index (χ3v) is 4.19. The van der Waals surface area contributed by atoms with Gasteiger partial charge in [-0.25, -0.2) is 18.8 Å². The molecule has 2 aromatic carbocycles. The molecule has 0 unspecified atom stereocenters. The molecule has 0 bridgehead atoms. The van der Waals surface area contributed by atoms with Crippen LogP contribution in [-0.4, -0.2) is 10.9 Å². The second-order valence-corrected chi connectivity index (χ2v) is 6.39. The van der Waals surface area contributed by atoms with Gasteiger partial charge in [0.25, 0.3) is 5.91 Å². The topological polar surface area (TPSA) is 67.5 Å². The highest BCUT2D eigenvalue weighted by atomic mass is 19.2. The van der Waals surface area contributed by atoms with Crippen LogP contribution in [0.15, 0.2) is 76.3 Å². The fourth-order valence-electron chi connectivity index (χ4n) is 2.71. The molecule has 2 aromatic heterocycles. The van der Waals surface area contributed by atoms with Crippen LogP contribution in [0.25, 0.3) is 11.0 Å². The molecule has 29 heavy (non-hydrogen) atoms. The van der Waals surface area contributed by atoms with Gasteiger partial charge in [0, 0.05) is 17.6 Å². The number of hydrogen-bond acceptors (Lipinski definition) is 4. The highest BCUT2D eigenvalue weighted by Gasteiger charge is 2.14. The molecule has 0 saturated carbocycles. The first-order valence-electron chi connectivity index (χ1n) is 8.76. The number of nitrogens with one attached hydrogen (secondary N) is 1. The van der Waals surface area contributed by atoms with Crippen molar-refractivity contribution in [1.82, 2.24) is 4.98 Å². The number of aromatic nitrogens is 1. The third-order valence-electron chi connectivity index (χ3n) is 4.19. The normalized spacial score (nSPS) is 11.6. The lowest BCUT2D eigenvalue weighted by Crippen LogP contribution is -2.22. The van der Waals surface area contributed by atoms with Gasteiger partial charge in [0.15, 0.2) is 11.6 Å². The van der Waals surface area contributed by atoms with Gasteiger partial charge in [-0.15, -0.1) is 0 Å². The van der Waals surface area contributed by atoms with Crippen LogP contribution in [0.2, 0.25) is 0 Å². The van der Waals surface area contributed by atoms with Crippen LogP contribution in [0.5, 0.6) is 0 Å². The lowest BCUT2D eigenvalue weighted by atomic mass is 10.1. The standard InChI is InChI=1S/C22H15F2N3O2/c1-13-6-9-20(25-12-13)27-21(28)16-10-14-4-2-3-5-19(14)29-22(16)26-15-7-8-17(23)18(24)11-15/h2-12H,1H3,(H,25,27,28). The molecular weight excluding hydrogens is 376 g/mol. The molecule has 0 spiro atoms. The van der Waals surface area contributed by atoms with E-state index in [-0.39, 0.29) is 16.8 Å². The molecule has 0 aliphatic heterocycles. The maximum atomic E-state index is 13.6. The monoisotopic (exact) mass is 391 g/mol. The highest BCUT2D eigenvalue weighted by Crippen LogP contribution is 2.18. The van der Waals surface area contributed by atoms with Crippen molar-refractivity contribution in [2.24, 2.45) is 4.99 Å². The lowest BCUT2D eigenvalue weighted by molar-refractivity contribution is 0.102. The second kappa shape index (κ2) is 7.63. The molecule has 4 aromatic rings. The predicted molar refractivity (Wildman–Crippen MR) is 105 cm³/mol. The predicted octanol–water partition coefficient (Wildman–Crippen LogP) is 4.90. The summed E-state index contributed by atoms with van der Waals surface area (Å²) in [6, 6.07) is 15.4. The summed E-state index contributed by atoms with van der Waals surface area (Å²) in [5.41, 5.74) is 1.68. The minimum absolute atomic E-state index is 0.0284. The van der Waals surface area contributed by atoms with Crippen molar-refractivity contribution in [3.8, 4) is 0 Å². The van der Waals surface area contributed by atoms with Crippen molar-refractivity contribution in [2.45, 2.75) is 6.92 Å². The van der Waals surface area contributed by atoms with Crippen molar-refractivity contribution in [1.29, 1.82) is 0 Å². The molecule has 4 rings (SSSR count). The maximum absolute atomic E-state index is 13.6. The SMILES string of the molecule is Cc1ccc(NC(=O)c2cc3ccccc3oc2=Nc2ccc(F)c(F)c2)nc1. The van der Waals surface area contributed by atoms with E-state index >= 15 is 0 Å². The maximum Gasteiger partial charge on any atom is 0.262 e. The van der Waals surface area contributed by atoms with Crippen LogP contribution in [0.1, 0.15) is 15.9 Å². The Morgan fingerprint density at radius 3 is 2.62 bits per heavy atom. The fourth-order valence-corrected chi connectivity index (χ4v) is 2.71. The Morgan fingerprint density at radius 1 is 1.03 bits per heavy atom. The Labute approximate surface area is 164 Å². The first kappa shape index (κ1) is 18.5. The van der Waals surface area contributed by atoms with E-state index in [0.29, 0.717) is 16.8 Å². The minimum Gasteiger partial charge on any atom is -0.438 e. The van der Waals surface area contributed by atoms with E-state index in [1.54, 1.807) is 36.5 Å². The minimum atomic E-state index is -1.04.